The Hall–Kier alpha value is -1.96. The number of likely N-dealkylation sites (N-methyl/N-ethyl adjacent to an activating group) is 1. The number of hydrogen-bond donors (Lipinski definition) is 1. The van der Waals surface area contributed by atoms with Crippen LogP contribution >= 0.6 is 27.5 Å². The van der Waals surface area contributed by atoms with Crippen molar-refractivity contribution in [1.82, 2.24) is 4.90 Å². The van der Waals surface area contributed by atoms with Gasteiger partial charge in [0, 0.05) is 28.2 Å². The van der Waals surface area contributed by atoms with Crippen molar-refractivity contribution < 1.29 is 9.72 Å². The molecule has 24 heavy (non-hydrogen) atoms. The van der Waals surface area contributed by atoms with E-state index in [1.165, 1.54) is 18.2 Å². The first-order valence-corrected chi connectivity index (χ1v) is 8.19. The molecule has 0 aliphatic heterocycles. The summed E-state index contributed by atoms with van der Waals surface area (Å²) in [4.78, 5) is 24.2. The molecule has 1 amide bonds. The summed E-state index contributed by atoms with van der Waals surface area (Å²) >= 11 is 9.07. The van der Waals surface area contributed by atoms with Gasteiger partial charge >= 0.3 is 0 Å². The van der Waals surface area contributed by atoms with Gasteiger partial charge in [-0.2, -0.15) is 0 Å². The highest BCUT2D eigenvalue weighted by atomic mass is 79.9. The Labute approximate surface area is 152 Å². The number of carbonyl (C=O) groups excluding carboxylic acids is 1. The third kappa shape index (κ3) is 5.30. The number of nitro benzene ring substituents is 1. The second-order valence-electron chi connectivity index (χ2n) is 5.27. The Morgan fingerprint density at radius 3 is 2.54 bits per heavy atom. The normalized spacial score (nSPS) is 10.7. The highest BCUT2D eigenvalue weighted by Gasteiger charge is 2.12. The lowest BCUT2D eigenvalue weighted by Gasteiger charge is -2.16. The topological polar surface area (TPSA) is 75.5 Å². The number of rotatable bonds is 6. The number of amides is 1. The van der Waals surface area contributed by atoms with Gasteiger partial charge < -0.3 is 5.32 Å². The fourth-order valence-corrected chi connectivity index (χ4v) is 2.70. The Morgan fingerprint density at radius 1 is 1.29 bits per heavy atom. The number of nitrogens with zero attached hydrogens (tertiary/aromatic N) is 2. The van der Waals surface area contributed by atoms with Crippen LogP contribution < -0.4 is 5.32 Å². The van der Waals surface area contributed by atoms with Crippen LogP contribution in [0.25, 0.3) is 0 Å². The molecule has 0 heterocycles. The van der Waals surface area contributed by atoms with Crippen molar-refractivity contribution in [3.63, 3.8) is 0 Å². The molecule has 2 rings (SSSR count). The van der Waals surface area contributed by atoms with E-state index in [1.807, 2.05) is 24.1 Å². The average molecular weight is 413 g/mol. The third-order valence-electron chi connectivity index (χ3n) is 3.22. The van der Waals surface area contributed by atoms with Crippen molar-refractivity contribution in [3.05, 3.63) is 67.6 Å². The Morgan fingerprint density at radius 2 is 1.96 bits per heavy atom. The van der Waals surface area contributed by atoms with E-state index in [4.69, 9.17) is 11.6 Å². The van der Waals surface area contributed by atoms with Crippen LogP contribution in [-0.2, 0) is 11.3 Å². The smallest absolute Gasteiger partial charge is 0.270 e. The van der Waals surface area contributed by atoms with Crippen molar-refractivity contribution in [2.24, 2.45) is 0 Å². The molecular weight excluding hydrogens is 398 g/mol. The summed E-state index contributed by atoms with van der Waals surface area (Å²) < 4.78 is 0.463. The van der Waals surface area contributed by atoms with Crippen molar-refractivity contribution in [2.75, 3.05) is 18.9 Å². The van der Waals surface area contributed by atoms with E-state index in [1.54, 1.807) is 12.1 Å². The van der Waals surface area contributed by atoms with E-state index in [9.17, 15) is 14.9 Å². The molecule has 0 saturated carbocycles. The van der Waals surface area contributed by atoms with Crippen LogP contribution in [0.3, 0.4) is 0 Å². The lowest BCUT2D eigenvalue weighted by atomic mass is 10.2. The number of benzene rings is 2. The van der Waals surface area contributed by atoms with Crippen molar-refractivity contribution in [2.45, 2.75) is 6.54 Å². The maximum atomic E-state index is 12.1. The van der Waals surface area contributed by atoms with Crippen molar-refractivity contribution >= 4 is 44.8 Å². The number of anilines is 1. The first-order chi connectivity index (χ1) is 11.3. The second-order valence-corrected chi connectivity index (χ2v) is 6.56. The van der Waals surface area contributed by atoms with E-state index in [-0.39, 0.29) is 18.1 Å². The molecule has 8 heteroatoms. The second kappa shape index (κ2) is 8.23. The quantitative estimate of drug-likeness (QED) is 0.573. The molecule has 0 unspecified atom stereocenters. The molecule has 0 spiro atoms. The lowest BCUT2D eigenvalue weighted by molar-refractivity contribution is -0.384. The van der Waals surface area contributed by atoms with E-state index in [2.05, 4.69) is 21.2 Å². The van der Waals surface area contributed by atoms with Gasteiger partial charge in [-0.05, 0) is 46.7 Å². The number of carbonyl (C=O) groups is 1. The molecular formula is C16H15BrClN3O3. The van der Waals surface area contributed by atoms with E-state index in [0.717, 1.165) is 5.56 Å². The van der Waals surface area contributed by atoms with E-state index < -0.39 is 4.92 Å². The van der Waals surface area contributed by atoms with Gasteiger partial charge in [0.15, 0.2) is 0 Å². The largest absolute Gasteiger partial charge is 0.324 e. The Bertz CT molecular complexity index is 753. The van der Waals surface area contributed by atoms with Gasteiger partial charge in [-0.1, -0.05) is 23.7 Å². The van der Waals surface area contributed by atoms with Gasteiger partial charge in [-0.15, -0.1) is 0 Å². The number of non-ortho nitro benzene ring substituents is 1. The summed E-state index contributed by atoms with van der Waals surface area (Å²) in [5, 5.41) is 14.1. The number of nitrogens with one attached hydrogen (secondary N) is 1. The Kier molecular flexibility index (Phi) is 6.30. The first-order valence-electron chi connectivity index (χ1n) is 7.02. The summed E-state index contributed by atoms with van der Waals surface area (Å²) in [5.41, 5.74) is 1.50. The van der Waals surface area contributed by atoms with E-state index in [0.29, 0.717) is 21.7 Å². The first kappa shape index (κ1) is 18.4. The molecule has 126 valence electrons. The zero-order valence-electron chi connectivity index (χ0n) is 12.8. The molecule has 0 aliphatic rings. The van der Waals surface area contributed by atoms with Crippen LogP contribution in [0.15, 0.2) is 46.9 Å². The summed E-state index contributed by atoms with van der Waals surface area (Å²) in [5.74, 6) is -0.207. The minimum absolute atomic E-state index is 0.0419. The van der Waals surface area contributed by atoms with Crippen LogP contribution in [0, 0.1) is 10.1 Å². The van der Waals surface area contributed by atoms with Gasteiger partial charge in [-0.25, -0.2) is 0 Å². The van der Waals surface area contributed by atoms with Gasteiger partial charge in [-0.3, -0.25) is 19.8 Å². The molecule has 0 bridgehead atoms. The molecule has 0 aliphatic carbocycles. The Balaban J connectivity index is 1.92. The summed E-state index contributed by atoms with van der Waals surface area (Å²) in [7, 11) is 1.83. The van der Waals surface area contributed by atoms with Gasteiger partial charge in [0.25, 0.3) is 5.69 Å². The standard InChI is InChI=1S/C16H15BrClN3O3/c1-20(9-11-2-4-12(18)5-3-11)10-16(22)19-15-7-6-13(21(23)24)8-14(15)17/h2-8H,9-10H2,1H3,(H,19,22). The van der Waals surface area contributed by atoms with Crippen LogP contribution in [0.2, 0.25) is 5.02 Å². The van der Waals surface area contributed by atoms with Crippen LogP contribution in [-0.4, -0.2) is 29.3 Å². The molecule has 0 saturated heterocycles. The number of hydrogen-bond acceptors (Lipinski definition) is 4. The maximum Gasteiger partial charge on any atom is 0.270 e. The van der Waals surface area contributed by atoms with Gasteiger partial charge in [0.05, 0.1) is 17.2 Å². The highest BCUT2D eigenvalue weighted by Crippen LogP contribution is 2.27. The summed E-state index contributed by atoms with van der Waals surface area (Å²) in [6.45, 7) is 0.790. The molecule has 2 aromatic rings. The minimum Gasteiger partial charge on any atom is -0.324 e. The molecule has 6 nitrogen and oxygen atoms in total. The lowest BCUT2D eigenvalue weighted by Crippen LogP contribution is -2.29. The van der Waals surface area contributed by atoms with Crippen LogP contribution in [0.4, 0.5) is 11.4 Å². The molecule has 0 radical (unpaired) electrons. The van der Waals surface area contributed by atoms with Crippen LogP contribution in [0.5, 0.6) is 0 Å². The third-order valence-corrected chi connectivity index (χ3v) is 4.12. The molecule has 2 aromatic carbocycles. The molecule has 1 N–H and O–H groups in total. The SMILES string of the molecule is CN(CC(=O)Nc1ccc([N+](=O)[O-])cc1Br)Cc1ccc(Cl)cc1. The van der Waals surface area contributed by atoms with Gasteiger partial charge in [0.2, 0.25) is 5.91 Å². The summed E-state index contributed by atoms with van der Waals surface area (Å²) in [6, 6.07) is 11.6. The average Bonchev–Trinajstić information content (AvgIpc) is 2.51. The van der Waals surface area contributed by atoms with Gasteiger partial charge in [0.1, 0.15) is 0 Å². The summed E-state index contributed by atoms with van der Waals surface area (Å²) in [6.07, 6.45) is 0. The minimum atomic E-state index is -0.490. The predicted octanol–water partition coefficient (Wildman–Crippen LogP) is 4.08. The highest BCUT2D eigenvalue weighted by molar-refractivity contribution is 9.10. The number of nitro groups is 1. The van der Waals surface area contributed by atoms with Crippen LogP contribution in [0.1, 0.15) is 5.56 Å². The number of halogens is 2. The zero-order valence-corrected chi connectivity index (χ0v) is 15.2. The van der Waals surface area contributed by atoms with Crippen molar-refractivity contribution in [1.29, 1.82) is 0 Å². The molecule has 0 fully saturated rings. The monoisotopic (exact) mass is 411 g/mol. The molecule has 0 aromatic heterocycles. The maximum absolute atomic E-state index is 12.1. The molecule has 0 atom stereocenters. The van der Waals surface area contributed by atoms with E-state index >= 15 is 0 Å². The zero-order chi connectivity index (χ0) is 17.7. The fraction of sp³-hybridized carbons (Fsp3) is 0.188. The van der Waals surface area contributed by atoms with Crippen molar-refractivity contribution in [3.8, 4) is 0 Å². The predicted molar refractivity (Wildman–Crippen MR) is 97.2 cm³/mol. The fourth-order valence-electron chi connectivity index (χ4n) is 2.11.